The van der Waals surface area contributed by atoms with E-state index >= 15 is 0 Å². The summed E-state index contributed by atoms with van der Waals surface area (Å²) in [4.78, 5) is 3.01. The summed E-state index contributed by atoms with van der Waals surface area (Å²) in [5.74, 6) is 0. The van der Waals surface area contributed by atoms with Crippen LogP contribution in [0.5, 0.6) is 0 Å². The molecule has 2 aromatic rings. The van der Waals surface area contributed by atoms with E-state index in [1.165, 1.54) is 0 Å². The lowest BCUT2D eigenvalue weighted by Gasteiger charge is -2.07. The Morgan fingerprint density at radius 1 is 1.17 bits per heavy atom. The lowest BCUT2D eigenvalue weighted by molar-refractivity contribution is 0.581. The summed E-state index contributed by atoms with van der Waals surface area (Å²) >= 11 is 0. The fourth-order valence-corrected chi connectivity index (χ4v) is 3.63. The van der Waals surface area contributed by atoms with Crippen LogP contribution < -0.4 is 4.72 Å². The SMILES string of the molecule is CC=C(C)C=CC(=CC)CNS(=O)(=O)c1[nH]c2ccccc2c1C. The van der Waals surface area contributed by atoms with E-state index in [0.29, 0.717) is 0 Å². The molecule has 0 unspecified atom stereocenters. The van der Waals surface area contributed by atoms with Gasteiger partial charge < -0.3 is 4.98 Å². The number of aryl methyl sites for hydroxylation is 1. The number of aromatic nitrogens is 1. The topological polar surface area (TPSA) is 62.0 Å². The summed E-state index contributed by atoms with van der Waals surface area (Å²) in [5, 5.41) is 1.15. The van der Waals surface area contributed by atoms with E-state index in [0.717, 1.165) is 27.6 Å². The highest BCUT2D eigenvalue weighted by molar-refractivity contribution is 7.89. The van der Waals surface area contributed by atoms with Crippen LogP contribution in [-0.4, -0.2) is 19.9 Å². The van der Waals surface area contributed by atoms with E-state index in [2.05, 4.69) is 9.71 Å². The number of benzene rings is 1. The van der Waals surface area contributed by atoms with Crippen molar-refractivity contribution in [3.8, 4) is 0 Å². The lowest BCUT2D eigenvalue weighted by Crippen LogP contribution is -2.26. The monoisotopic (exact) mass is 344 g/mol. The molecule has 0 fully saturated rings. The van der Waals surface area contributed by atoms with Gasteiger partial charge in [0.2, 0.25) is 0 Å². The number of para-hydroxylation sites is 1. The predicted molar refractivity (Wildman–Crippen MR) is 101 cm³/mol. The highest BCUT2D eigenvalue weighted by atomic mass is 32.2. The predicted octanol–water partition coefficient (Wildman–Crippen LogP) is 4.22. The third-order valence-electron chi connectivity index (χ3n) is 4.04. The maximum Gasteiger partial charge on any atom is 0.256 e. The van der Waals surface area contributed by atoms with Crippen molar-refractivity contribution in [3.05, 3.63) is 65.3 Å². The van der Waals surface area contributed by atoms with Gasteiger partial charge in [-0.05, 0) is 44.9 Å². The van der Waals surface area contributed by atoms with Crippen LogP contribution in [0.15, 0.2) is 64.7 Å². The average Bonchev–Trinajstić information content (AvgIpc) is 2.93. The van der Waals surface area contributed by atoms with Crippen LogP contribution in [0, 0.1) is 6.92 Å². The first-order chi connectivity index (χ1) is 11.4. The molecular weight excluding hydrogens is 320 g/mol. The molecule has 0 aliphatic rings. The van der Waals surface area contributed by atoms with E-state index < -0.39 is 10.0 Å². The number of nitrogens with one attached hydrogen (secondary N) is 2. The molecule has 1 aromatic heterocycles. The van der Waals surface area contributed by atoms with E-state index in [9.17, 15) is 8.42 Å². The van der Waals surface area contributed by atoms with Gasteiger partial charge in [-0.2, -0.15) is 0 Å². The van der Waals surface area contributed by atoms with Gasteiger partial charge in [-0.25, -0.2) is 13.1 Å². The number of rotatable bonds is 6. The molecule has 2 N–H and O–H groups in total. The molecular formula is C19H24N2O2S. The number of H-pyrrole nitrogens is 1. The zero-order valence-corrected chi connectivity index (χ0v) is 15.4. The van der Waals surface area contributed by atoms with Crippen molar-refractivity contribution < 1.29 is 8.42 Å². The van der Waals surface area contributed by atoms with Crippen LogP contribution in [0.2, 0.25) is 0 Å². The first kappa shape index (κ1) is 18.2. The quantitative estimate of drug-likeness (QED) is 0.771. The van der Waals surface area contributed by atoms with Gasteiger partial charge in [-0.3, -0.25) is 0 Å². The van der Waals surface area contributed by atoms with Crippen molar-refractivity contribution in [1.82, 2.24) is 9.71 Å². The lowest BCUT2D eigenvalue weighted by atomic mass is 10.2. The van der Waals surface area contributed by atoms with Gasteiger partial charge in [0.1, 0.15) is 0 Å². The molecule has 0 radical (unpaired) electrons. The first-order valence-corrected chi connectivity index (χ1v) is 9.40. The van der Waals surface area contributed by atoms with Gasteiger partial charge in [0.25, 0.3) is 10.0 Å². The Morgan fingerprint density at radius 3 is 2.50 bits per heavy atom. The fraction of sp³-hybridized carbons (Fsp3) is 0.263. The fourth-order valence-electron chi connectivity index (χ4n) is 2.37. The molecule has 0 bridgehead atoms. The Bertz CT molecular complexity index is 916. The molecule has 0 aliphatic heterocycles. The van der Waals surface area contributed by atoms with Crippen molar-refractivity contribution in [2.75, 3.05) is 6.54 Å². The maximum atomic E-state index is 12.6. The van der Waals surface area contributed by atoms with Crippen LogP contribution >= 0.6 is 0 Å². The molecule has 128 valence electrons. The number of sulfonamides is 1. The third-order valence-corrected chi connectivity index (χ3v) is 5.51. The van der Waals surface area contributed by atoms with E-state index in [1.54, 1.807) is 0 Å². The largest absolute Gasteiger partial charge is 0.344 e. The van der Waals surface area contributed by atoms with Crippen LogP contribution in [0.4, 0.5) is 0 Å². The smallest absolute Gasteiger partial charge is 0.256 e. The van der Waals surface area contributed by atoms with Gasteiger partial charge in [-0.15, -0.1) is 0 Å². The van der Waals surface area contributed by atoms with E-state index in [-0.39, 0.29) is 11.6 Å². The Labute approximate surface area is 144 Å². The second-order valence-corrected chi connectivity index (χ2v) is 7.38. The summed E-state index contributed by atoms with van der Waals surface area (Å²) in [5.41, 5.74) is 3.60. The average molecular weight is 344 g/mol. The molecule has 0 amide bonds. The van der Waals surface area contributed by atoms with Crippen LogP contribution in [0.25, 0.3) is 10.9 Å². The number of aromatic amines is 1. The minimum atomic E-state index is -3.60. The normalized spacial score (nSPS) is 14.0. The number of allylic oxidation sites excluding steroid dienone is 4. The Kier molecular flexibility index (Phi) is 5.80. The summed E-state index contributed by atoms with van der Waals surface area (Å²) < 4.78 is 27.9. The minimum absolute atomic E-state index is 0.229. The molecule has 2 rings (SSSR count). The summed E-state index contributed by atoms with van der Waals surface area (Å²) in [7, 11) is -3.60. The molecule has 0 saturated carbocycles. The minimum Gasteiger partial charge on any atom is -0.344 e. The van der Waals surface area contributed by atoms with Gasteiger partial charge >= 0.3 is 0 Å². The van der Waals surface area contributed by atoms with Gasteiger partial charge in [0.15, 0.2) is 5.03 Å². The molecule has 0 atom stereocenters. The number of hydrogen-bond donors (Lipinski definition) is 2. The Morgan fingerprint density at radius 2 is 1.88 bits per heavy atom. The zero-order valence-electron chi connectivity index (χ0n) is 14.6. The second-order valence-electron chi connectivity index (χ2n) is 5.68. The van der Waals surface area contributed by atoms with Crippen molar-refractivity contribution >= 4 is 20.9 Å². The Balaban J connectivity index is 2.21. The van der Waals surface area contributed by atoms with Crippen LogP contribution in [0.3, 0.4) is 0 Å². The van der Waals surface area contributed by atoms with Crippen molar-refractivity contribution in [1.29, 1.82) is 0 Å². The molecule has 1 heterocycles. The van der Waals surface area contributed by atoms with Crippen LogP contribution in [-0.2, 0) is 10.0 Å². The number of fused-ring (bicyclic) bond motifs is 1. The molecule has 0 saturated heterocycles. The highest BCUT2D eigenvalue weighted by Gasteiger charge is 2.20. The molecule has 1 aromatic carbocycles. The van der Waals surface area contributed by atoms with Gasteiger partial charge in [0.05, 0.1) is 0 Å². The number of hydrogen-bond acceptors (Lipinski definition) is 2. The molecule has 0 aliphatic carbocycles. The highest BCUT2D eigenvalue weighted by Crippen LogP contribution is 2.24. The van der Waals surface area contributed by atoms with E-state index in [1.807, 2.05) is 76.3 Å². The van der Waals surface area contributed by atoms with Crippen LogP contribution in [0.1, 0.15) is 26.3 Å². The van der Waals surface area contributed by atoms with Gasteiger partial charge in [0, 0.05) is 17.4 Å². The molecule has 4 nitrogen and oxygen atoms in total. The standard InChI is InChI=1S/C19H24N2O2S/c1-5-14(3)11-12-16(6-2)13-20-24(22,23)19-15(4)17-9-7-8-10-18(17)21-19/h5-12,20-21H,13H2,1-4H3. The van der Waals surface area contributed by atoms with Crippen molar-refractivity contribution in [2.24, 2.45) is 0 Å². The molecule has 5 heteroatoms. The van der Waals surface area contributed by atoms with Gasteiger partial charge in [-0.1, -0.05) is 48.1 Å². The zero-order chi connectivity index (χ0) is 17.7. The second kappa shape index (κ2) is 7.64. The Hall–Kier alpha value is -2.11. The summed E-state index contributed by atoms with van der Waals surface area (Å²) in [6, 6.07) is 7.58. The molecule has 0 spiro atoms. The van der Waals surface area contributed by atoms with Crippen molar-refractivity contribution in [2.45, 2.75) is 32.7 Å². The maximum absolute atomic E-state index is 12.6. The van der Waals surface area contributed by atoms with E-state index in [4.69, 9.17) is 0 Å². The third kappa shape index (κ3) is 4.04. The first-order valence-electron chi connectivity index (χ1n) is 7.92. The summed E-state index contributed by atoms with van der Waals surface area (Å²) in [6.07, 6.45) is 7.80. The summed E-state index contributed by atoms with van der Waals surface area (Å²) in [6.45, 7) is 7.94. The van der Waals surface area contributed by atoms with Crippen molar-refractivity contribution in [3.63, 3.8) is 0 Å². The molecule has 24 heavy (non-hydrogen) atoms.